The van der Waals surface area contributed by atoms with Crippen LogP contribution in [0.5, 0.6) is 0 Å². The number of hydrogen-bond acceptors (Lipinski definition) is 4. The molecule has 8 heteroatoms. The summed E-state index contributed by atoms with van der Waals surface area (Å²) in [7, 11) is 0. The maximum atomic E-state index is 13.3. The Balaban J connectivity index is 1.45. The zero-order valence-corrected chi connectivity index (χ0v) is 23.5. The number of aryl methyl sites for hydroxylation is 1. The van der Waals surface area contributed by atoms with Gasteiger partial charge in [-0.1, -0.05) is 64.5 Å². The lowest BCUT2D eigenvalue weighted by Gasteiger charge is -2.12. The zero-order chi connectivity index (χ0) is 27.6. The topological polar surface area (TPSA) is 87.3 Å². The van der Waals surface area contributed by atoms with Crippen LogP contribution in [0.3, 0.4) is 0 Å². The molecule has 0 aromatic heterocycles. The van der Waals surface area contributed by atoms with Gasteiger partial charge in [0.1, 0.15) is 5.70 Å². The molecule has 0 radical (unpaired) electrons. The second-order valence-corrected chi connectivity index (χ2v) is 10.6. The molecular formula is C31H26BrN3O3S. The lowest BCUT2D eigenvalue weighted by Crippen LogP contribution is -2.30. The fourth-order valence-electron chi connectivity index (χ4n) is 3.64. The summed E-state index contributed by atoms with van der Waals surface area (Å²) in [5.74, 6) is -0.774. The minimum Gasteiger partial charge on any atom is -0.325 e. The second kappa shape index (κ2) is 13.6. The molecule has 4 aromatic rings. The maximum absolute atomic E-state index is 13.3. The highest BCUT2D eigenvalue weighted by molar-refractivity contribution is 9.10. The van der Waals surface area contributed by atoms with E-state index in [2.05, 4.69) is 31.9 Å². The van der Waals surface area contributed by atoms with Crippen molar-refractivity contribution in [3.05, 3.63) is 130 Å². The highest BCUT2D eigenvalue weighted by atomic mass is 79.9. The van der Waals surface area contributed by atoms with Gasteiger partial charge in [-0.25, -0.2) is 0 Å². The van der Waals surface area contributed by atoms with Crippen molar-refractivity contribution in [1.29, 1.82) is 0 Å². The van der Waals surface area contributed by atoms with Crippen molar-refractivity contribution in [2.24, 2.45) is 0 Å². The Morgan fingerprint density at radius 1 is 0.795 bits per heavy atom. The Kier molecular flexibility index (Phi) is 9.72. The Morgan fingerprint density at radius 2 is 1.51 bits per heavy atom. The predicted molar refractivity (Wildman–Crippen MR) is 162 cm³/mol. The SMILES string of the molecule is Cc1cccc(NC(=O)CSc2cccc(NC(=O)/C(=C\c3cccc(Br)c3)NC(=O)c3ccccc3)c2)c1. The minimum absolute atomic E-state index is 0.0949. The van der Waals surface area contributed by atoms with Crippen molar-refractivity contribution >= 4 is 62.9 Å². The summed E-state index contributed by atoms with van der Waals surface area (Å²) in [4.78, 5) is 39.4. The van der Waals surface area contributed by atoms with E-state index in [0.717, 1.165) is 26.2 Å². The van der Waals surface area contributed by atoms with E-state index in [1.165, 1.54) is 11.8 Å². The molecule has 0 aliphatic carbocycles. The van der Waals surface area contributed by atoms with Gasteiger partial charge in [-0.15, -0.1) is 11.8 Å². The molecule has 3 N–H and O–H groups in total. The molecule has 0 bridgehead atoms. The van der Waals surface area contributed by atoms with Crippen LogP contribution in [0.1, 0.15) is 21.5 Å². The number of anilines is 2. The number of nitrogens with one attached hydrogen (secondary N) is 3. The molecule has 0 saturated carbocycles. The molecule has 196 valence electrons. The van der Waals surface area contributed by atoms with Crippen molar-refractivity contribution in [1.82, 2.24) is 5.32 Å². The van der Waals surface area contributed by atoms with E-state index in [0.29, 0.717) is 11.3 Å². The Bertz CT molecular complexity index is 1520. The van der Waals surface area contributed by atoms with Crippen LogP contribution in [0.15, 0.2) is 118 Å². The summed E-state index contributed by atoms with van der Waals surface area (Å²) in [5.41, 5.74) is 3.64. The largest absolute Gasteiger partial charge is 0.325 e. The van der Waals surface area contributed by atoms with Crippen LogP contribution in [0, 0.1) is 6.92 Å². The van der Waals surface area contributed by atoms with Crippen LogP contribution in [0.2, 0.25) is 0 Å². The van der Waals surface area contributed by atoms with Crippen molar-refractivity contribution in [2.75, 3.05) is 16.4 Å². The molecule has 0 heterocycles. The number of thioether (sulfide) groups is 1. The third-order valence-electron chi connectivity index (χ3n) is 5.45. The van der Waals surface area contributed by atoms with E-state index >= 15 is 0 Å². The maximum Gasteiger partial charge on any atom is 0.272 e. The molecule has 4 aromatic carbocycles. The molecule has 0 fully saturated rings. The van der Waals surface area contributed by atoms with Crippen LogP contribution in [-0.4, -0.2) is 23.5 Å². The number of amides is 3. The third-order valence-corrected chi connectivity index (χ3v) is 6.94. The van der Waals surface area contributed by atoms with Crippen LogP contribution >= 0.6 is 27.7 Å². The monoisotopic (exact) mass is 599 g/mol. The zero-order valence-electron chi connectivity index (χ0n) is 21.1. The first-order valence-electron chi connectivity index (χ1n) is 12.1. The Hall–Kier alpha value is -4.14. The van der Waals surface area contributed by atoms with E-state index in [1.807, 2.05) is 67.6 Å². The lowest BCUT2D eigenvalue weighted by atomic mass is 10.1. The summed E-state index contributed by atoms with van der Waals surface area (Å²) in [5, 5.41) is 8.49. The van der Waals surface area contributed by atoms with Crippen molar-refractivity contribution in [2.45, 2.75) is 11.8 Å². The van der Waals surface area contributed by atoms with Gasteiger partial charge >= 0.3 is 0 Å². The van der Waals surface area contributed by atoms with E-state index in [9.17, 15) is 14.4 Å². The number of carbonyl (C=O) groups is 3. The van der Waals surface area contributed by atoms with Crippen molar-refractivity contribution in [3.8, 4) is 0 Å². The number of halogens is 1. The summed E-state index contributed by atoms with van der Waals surface area (Å²) in [6.45, 7) is 1.97. The molecule has 0 aliphatic rings. The fraction of sp³-hybridized carbons (Fsp3) is 0.0645. The molecular weight excluding hydrogens is 574 g/mol. The summed E-state index contributed by atoms with van der Waals surface area (Å²) in [6, 6.07) is 31.0. The number of hydrogen-bond donors (Lipinski definition) is 3. The first-order valence-corrected chi connectivity index (χ1v) is 13.9. The quantitative estimate of drug-likeness (QED) is 0.144. The Labute approximate surface area is 240 Å². The molecule has 0 spiro atoms. The summed E-state index contributed by atoms with van der Waals surface area (Å²) >= 11 is 4.80. The van der Waals surface area contributed by atoms with Crippen molar-refractivity contribution in [3.63, 3.8) is 0 Å². The standard InChI is InChI=1S/C31H26BrN3O3S/c1-21-8-5-13-25(16-21)33-29(36)20-39-27-15-7-14-26(19-27)34-31(38)28(18-22-9-6-12-24(32)17-22)35-30(37)23-10-3-2-4-11-23/h2-19H,20H2,1H3,(H,33,36)(H,34,38)(H,35,37)/b28-18+. The fourth-order valence-corrected chi connectivity index (χ4v) is 4.81. The summed E-state index contributed by atoms with van der Waals surface area (Å²) in [6.07, 6.45) is 1.62. The van der Waals surface area contributed by atoms with E-state index in [4.69, 9.17) is 0 Å². The van der Waals surface area contributed by atoms with Gasteiger partial charge in [-0.05, 0) is 78.7 Å². The normalized spacial score (nSPS) is 11.0. The first kappa shape index (κ1) is 27.9. The van der Waals surface area contributed by atoms with Gasteiger partial charge in [-0.3, -0.25) is 14.4 Å². The molecule has 0 unspecified atom stereocenters. The van der Waals surface area contributed by atoms with Crippen LogP contribution in [0.25, 0.3) is 6.08 Å². The predicted octanol–water partition coefficient (Wildman–Crippen LogP) is 6.90. The highest BCUT2D eigenvalue weighted by Crippen LogP contribution is 2.23. The molecule has 3 amide bonds. The molecule has 39 heavy (non-hydrogen) atoms. The van der Waals surface area contributed by atoms with E-state index < -0.39 is 11.8 Å². The van der Waals surface area contributed by atoms with Gasteiger partial charge < -0.3 is 16.0 Å². The van der Waals surface area contributed by atoms with E-state index in [1.54, 1.807) is 48.5 Å². The highest BCUT2D eigenvalue weighted by Gasteiger charge is 2.15. The van der Waals surface area contributed by atoms with Gasteiger partial charge in [0.15, 0.2) is 0 Å². The van der Waals surface area contributed by atoms with Crippen LogP contribution in [-0.2, 0) is 9.59 Å². The average molecular weight is 601 g/mol. The Morgan fingerprint density at radius 3 is 2.26 bits per heavy atom. The van der Waals surface area contributed by atoms with E-state index in [-0.39, 0.29) is 17.4 Å². The van der Waals surface area contributed by atoms with Gasteiger partial charge in [0, 0.05) is 26.3 Å². The van der Waals surface area contributed by atoms with Gasteiger partial charge in [0.2, 0.25) is 5.91 Å². The molecule has 0 saturated heterocycles. The van der Waals surface area contributed by atoms with Crippen molar-refractivity contribution < 1.29 is 14.4 Å². The summed E-state index contributed by atoms with van der Waals surface area (Å²) < 4.78 is 0.849. The van der Waals surface area contributed by atoms with Gasteiger partial charge in [0.05, 0.1) is 5.75 Å². The average Bonchev–Trinajstić information content (AvgIpc) is 2.92. The second-order valence-electron chi connectivity index (χ2n) is 8.62. The number of rotatable bonds is 9. The van der Waals surface area contributed by atoms with Gasteiger partial charge in [-0.2, -0.15) is 0 Å². The smallest absolute Gasteiger partial charge is 0.272 e. The minimum atomic E-state index is -0.474. The number of benzene rings is 4. The first-order chi connectivity index (χ1) is 18.9. The molecule has 0 aliphatic heterocycles. The third kappa shape index (κ3) is 8.70. The molecule has 0 atom stereocenters. The number of carbonyl (C=O) groups excluding carboxylic acids is 3. The van der Waals surface area contributed by atoms with Crippen LogP contribution < -0.4 is 16.0 Å². The van der Waals surface area contributed by atoms with Crippen LogP contribution in [0.4, 0.5) is 11.4 Å². The van der Waals surface area contributed by atoms with Gasteiger partial charge in [0.25, 0.3) is 11.8 Å². The molecule has 6 nitrogen and oxygen atoms in total. The molecule has 4 rings (SSSR count). The lowest BCUT2D eigenvalue weighted by molar-refractivity contribution is -0.114.